The fourth-order valence-electron chi connectivity index (χ4n) is 2.36. The van der Waals surface area contributed by atoms with E-state index in [1.807, 2.05) is 31.9 Å². The molecular formula is C15H23N3O. The van der Waals surface area contributed by atoms with Crippen molar-refractivity contribution in [3.63, 3.8) is 0 Å². The first-order valence-corrected chi connectivity index (χ1v) is 6.99. The summed E-state index contributed by atoms with van der Waals surface area (Å²) >= 11 is 0. The quantitative estimate of drug-likeness (QED) is 0.886. The molecule has 0 aromatic carbocycles. The van der Waals surface area contributed by atoms with Gasteiger partial charge in [0.1, 0.15) is 0 Å². The van der Waals surface area contributed by atoms with Crippen LogP contribution in [-0.4, -0.2) is 35.9 Å². The van der Waals surface area contributed by atoms with E-state index in [4.69, 9.17) is 0 Å². The van der Waals surface area contributed by atoms with Gasteiger partial charge in [-0.25, -0.2) is 0 Å². The van der Waals surface area contributed by atoms with Crippen LogP contribution in [0.3, 0.4) is 0 Å². The van der Waals surface area contributed by atoms with E-state index < -0.39 is 0 Å². The van der Waals surface area contributed by atoms with Crippen molar-refractivity contribution in [1.29, 1.82) is 0 Å². The third-order valence-corrected chi connectivity index (χ3v) is 3.77. The Morgan fingerprint density at radius 3 is 2.84 bits per heavy atom. The molecule has 0 spiro atoms. The third-order valence-electron chi connectivity index (χ3n) is 3.77. The highest BCUT2D eigenvalue weighted by Crippen LogP contribution is 2.38. The second-order valence-electron chi connectivity index (χ2n) is 5.56. The molecule has 1 aliphatic carbocycles. The molecule has 1 aromatic heterocycles. The minimum atomic E-state index is 0.0579. The zero-order valence-corrected chi connectivity index (χ0v) is 12.2. The summed E-state index contributed by atoms with van der Waals surface area (Å²) in [4.78, 5) is 18.5. The van der Waals surface area contributed by atoms with Gasteiger partial charge in [-0.1, -0.05) is 6.92 Å². The Morgan fingerprint density at radius 2 is 2.26 bits per heavy atom. The average molecular weight is 261 g/mol. The molecule has 1 aliphatic rings. The summed E-state index contributed by atoms with van der Waals surface area (Å²) in [6.07, 6.45) is 2.92. The molecule has 4 nitrogen and oxygen atoms in total. The Balaban J connectivity index is 2.12. The molecule has 1 fully saturated rings. The number of carbonyl (C=O) groups excluding carboxylic acids is 1. The van der Waals surface area contributed by atoms with Crippen molar-refractivity contribution in [2.75, 3.05) is 25.5 Å². The summed E-state index contributed by atoms with van der Waals surface area (Å²) in [7, 11) is 1.88. The predicted octanol–water partition coefficient (Wildman–Crippen LogP) is 2.55. The average Bonchev–Trinajstić information content (AvgIpc) is 3.04. The zero-order valence-electron chi connectivity index (χ0n) is 12.2. The van der Waals surface area contributed by atoms with Gasteiger partial charge in [-0.2, -0.15) is 0 Å². The molecule has 1 amide bonds. The number of aryl methyl sites for hydroxylation is 1. The number of nitrogens with one attached hydrogen (secondary N) is 1. The fraction of sp³-hybridized carbons (Fsp3) is 0.600. The van der Waals surface area contributed by atoms with Crippen LogP contribution in [0.5, 0.6) is 0 Å². The Kier molecular flexibility index (Phi) is 4.08. The van der Waals surface area contributed by atoms with Crippen molar-refractivity contribution in [2.45, 2.75) is 27.2 Å². The summed E-state index contributed by atoms with van der Waals surface area (Å²) in [6, 6.07) is 1.93. The second kappa shape index (κ2) is 5.59. The lowest BCUT2D eigenvalue weighted by atomic mass is 10.1. The number of amides is 1. The summed E-state index contributed by atoms with van der Waals surface area (Å²) < 4.78 is 0. The summed E-state index contributed by atoms with van der Waals surface area (Å²) in [6.45, 7) is 7.84. The van der Waals surface area contributed by atoms with Crippen LogP contribution in [0, 0.1) is 18.8 Å². The monoisotopic (exact) mass is 261 g/mol. The van der Waals surface area contributed by atoms with Gasteiger partial charge in [0.15, 0.2) is 0 Å². The highest BCUT2D eigenvalue weighted by atomic mass is 16.2. The highest BCUT2D eigenvalue weighted by molar-refractivity contribution is 5.99. The molecule has 0 saturated heterocycles. The maximum atomic E-state index is 12.5. The van der Waals surface area contributed by atoms with E-state index in [0.29, 0.717) is 11.5 Å². The van der Waals surface area contributed by atoms with Gasteiger partial charge in [0.25, 0.3) is 5.91 Å². The normalized spacial score (nSPS) is 21.1. The Labute approximate surface area is 115 Å². The van der Waals surface area contributed by atoms with Crippen molar-refractivity contribution in [1.82, 2.24) is 9.88 Å². The minimum Gasteiger partial charge on any atom is -0.385 e. The zero-order chi connectivity index (χ0) is 14.0. The first-order chi connectivity index (χ1) is 9.02. The standard InChI is InChI=1S/C15H23N3O/c1-5-16-14-7-11(3)17-8-13(14)15(19)18(4)9-12-6-10(12)2/h7-8,10,12H,5-6,9H2,1-4H3,(H,16,17). The van der Waals surface area contributed by atoms with E-state index in [2.05, 4.69) is 17.2 Å². The molecular weight excluding hydrogens is 238 g/mol. The molecule has 104 valence electrons. The molecule has 1 heterocycles. The Bertz CT molecular complexity index is 472. The van der Waals surface area contributed by atoms with Crippen LogP contribution >= 0.6 is 0 Å². The number of hydrogen-bond acceptors (Lipinski definition) is 3. The number of rotatable bonds is 5. The molecule has 2 atom stereocenters. The maximum Gasteiger partial charge on any atom is 0.257 e. The van der Waals surface area contributed by atoms with E-state index >= 15 is 0 Å². The van der Waals surface area contributed by atoms with Crippen LogP contribution in [0.25, 0.3) is 0 Å². The lowest BCUT2D eigenvalue weighted by Crippen LogP contribution is -2.30. The first-order valence-electron chi connectivity index (χ1n) is 6.99. The molecule has 1 N–H and O–H groups in total. The van der Waals surface area contributed by atoms with Crippen LogP contribution in [0.2, 0.25) is 0 Å². The topological polar surface area (TPSA) is 45.2 Å². The van der Waals surface area contributed by atoms with Crippen LogP contribution < -0.4 is 5.32 Å². The number of hydrogen-bond donors (Lipinski definition) is 1. The van der Waals surface area contributed by atoms with Gasteiger partial charge < -0.3 is 10.2 Å². The Morgan fingerprint density at radius 1 is 1.58 bits per heavy atom. The van der Waals surface area contributed by atoms with Crippen molar-refractivity contribution >= 4 is 11.6 Å². The van der Waals surface area contributed by atoms with Crippen molar-refractivity contribution < 1.29 is 4.79 Å². The summed E-state index contributed by atoms with van der Waals surface area (Å²) in [5, 5.41) is 3.24. The highest BCUT2D eigenvalue weighted by Gasteiger charge is 2.34. The van der Waals surface area contributed by atoms with E-state index in [0.717, 1.165) is 30.4 Å². The molecule has 1 saturated carbocycles. The van der Waals surface area contributed by atoms with Gasteiger partial charge in [0.2, 0.25) is 0 Å². The fourth-order valence-corrected chi connectivity index (χ4v) is 2.36. The van der Waals surface area contributed by atoms with E-state index in [1.165, 1.54) is 6.42 Å². The largest absolute Gasteiger partial charge is 0.385 e. The van der Waals surface area contributed by atoms with Crippen molar-refractivity contribution in [2.24, 2.45) is 11.8 Å². The minimum absolute atomic E-state index is 0.0579. The van der Waals surface area contributed by atoms with Crippen LogP contribution in [0.1, 0.15) is 36.3 Å². The van der Waals surface area contributed by atoms with E-state index in [-0.39, 0.29) is 5.91 Å². The molecule has 2 unspecified atom stereocenters. The van der Waals surface area contributed by atoms with Crippen LogP contribution in [0.15, 0.2) is 12.3 Å². The molecule has 0 radical (unpaired) electrons. The molecule has 0 bridgehead atoms. The van der Waals surface area contributed by atoms with Crippen molar-refractivity contribution in [3.8, 4) is 0 Å². The number of nitrogens with zero attached hydrogens (tertiary/aromatic N) is 2. The lowest BCUT2D eigenvalue weighted by Gasteiger charge is -2.19. The summed E-state index contributed by atoms with van der Waals surface area (Å²) in [5.74, 6) is 1.50. The molecule has 19 heavy (non-hydrogen) atoms. The lowest BCUT2D eigenvalue weighted by molar-refractivity contribution is 0.0787. The van der Waals surface area contributed by atoms with Crippen LogP contribution in [-0.2, 0) is 0 Å². The number of aromatic nitrogens is 1. The van der Waals surface area contributed by atoms with E-state index in [9.17, 15) is 4.79 Å². The first kappa shape index (κ1) is 13.8. The smallest absolute Gasteiger partial charge is 0.257 e. The van der Waals surface area contributed by atoms with Crippen molar-refractivity contribution in [3.05, 3.63) is 23.5 Å². The molecule has 1 aromatic rings. The summed E-state index contributed by atoms with van der Waals surface area (Å²) in [5.41, 5.74) is 2.48. The van der Waals surface area contributed by atoms with Gasteiger partial charge in [0.05, 0.1) is 11.3 Å². The molecule has 4 heteroatoms. The second-order valence-corrected chi connectivity index (χ2v) is 5.56. The SMILES string of the molecule is CCNc1cc(C)ncc1C(=O)N(C)CC1CC1C. The molecule has 2 rings (SSSR count). The van der Waals surface area contributed by atoms with Gasteiger partial charge >= 0.3 is 0 Å². The number of carbonyl (C=O) groups is 1. The number of pyridine rings is 1. The maximum absolute atomic E-state index is 12.5. The van der Waals surface area contributed by atoms with Gasteiger partial charge in [-0.05, 0) is 38.2 Å². The Hall–Kier alpha value is -1.58. The number of anilines is 1. The van der Waals surface area contributed by atoms with Gasteiger partial charge in [-0.15, -0.1) is 0 Å². The molecule has 0 aliphatic heterocycles. The van der Waals surface area contributed by atoms with Crippen LogP contribution in [0.4, 0.5) is 5.69 Å². The van der Waals surface area contributed by atoms with E-state index in [1.54, 1.807) is 6.20 Å². The predicted molar refractivity (Wildman–Crippen MR) is 77.4 cm³/mol. The van der Waals surface area contributed by atoms with Gasteiger partial charge in [0, 0.05) is 32.0 Å². The van der Waals surface area contributed by atoms with Gasteiger partial charge in [-0.3, -0.25) is 9.78 Å². The third kappa shape index (κ3) is 3.25.